The summed E-state index contributed by atoms with van der Waals surface area (Å²) in [4.78, 5) is 23.9. The van der Waals surface area contributed by atoms with Gasteiger partial charge in [0.1, 0.15) is 0 Å². The van der Waals surface area contributed by atoms with Crippen LogP contribution in [-0.4, -0.2) is 32.1 Å². The Morgan fingerprint density at radius 1 is 1.12 bits per heavy atom. The molecule has 0 radical (unpaired) electrons. The zero-order chi connectivity index (χ0) is 16.9. The van der Waals surface area contributed by atoms with Crippen LogP contribution < -0.4 is 9.47 Å². The van der Waals surface area contributed by atoms with Crippen molar-refractivity contribution < 1.29 is 28.2 Å². The molecule has 1 aliphatic rings. The highest BCUT2D eigenvalue weighted by atomic mass is 16.5. The molecule has 0 amide bonds. The summed E-state index contributed by atoms with van der Waals surface area (Å²) in [6.45, 7) is 1.15. The molecule has 2 heterocycles. The molecule has 3 rings (SSSR count). The monoisotopic (exact) mass is 328 g/mol. The van der Waals surface area contributed by atoms with Gasteiger partial charge in [0.15, 0.2) is 17.3 Å². The van der Waals surface area contributed by atoms with Gasteiger partial charge < -0.3 is 18.6 Å². The van der Waals surface area contributed by atoms with Gasteiger partial charge in [-0.2, -0.15) is 0 Å². The molecule has 1 aromatic carbocycles. The number of allylic oxidation sites excluding steroid dienone is 1. The number of carbonyl (C=O) groups is 2. The number of ketones is 1. The van der Waals surface area contributed by atoms with Crippen molar-refractivity contribution in [2.75, 3.05) is 20.3 Å². The van der Waals surface area contributed by atoms with E-state index < -0.39 is 5.97 Å². The second kappa shape index (κ2) is 7.04. The first-order chi connectivity index (χ1) is 11.7. The Labute approximate surface area is 138 Å². The Hall–Kier alpha value is -3.02. The second-order valence-electron chi connectivity index (χ2n) is 5.11. The lowest BCUT2D eigenvalue weighted by atomic mass is 10.1. The lowest BCUT2D eigenvalue weighted by molar-refractivity contribution is 0.0564. The number of benzene rings is 1. The average molecular weight is 328 g/mol. The van der Waals surface area contributed by atoms with E-state index in [1.54, 1.807) is 24.3 Å². The van der Waals surface area contributed by atoms with Crippen molar-refractivity contribution in [3.63, 3.8) is 0 Å². The summed E-state index contributed by atoms with van der Waals surface area (Å²) >= 11 is 0. The Morgan fingerprint density at radius 2 is 1.92 bits per heavy atom. The minimum atomic E-state index is -0.595. The summed E-state index contributed by atoms with van der Waals surface area (Å²) in [7, 11) is 1.27. The Morgan fingerprint density at radius 3 is 2.71 bits per heavy atom. The summed E-state index contributed by atoms with van der Waals surface area (Å²) < 4.78 is 20.8. The fourth-order valence-corrected chi connectivity index (χ4v) is 2.29. The summed E-state index contributed by atoms with van der Waals surface area (Å²) in [5.41, 5.74) is 0.947. The van der Waals surface area contributed by atoms with Crippen molar-refractivity contribution in [2.45, 2.75) is 6.42 Å². The molecular formula is C18H16O6. The van der Waals surface area contributed by atoms with E-state index in [0.29, 0.717) is 35.8 Å². The third-order valence-electron chi connectivity index (χ3n) is 3.51. The third-order valence-corrected chi connectivity index (χ3v) is 3.51. The van der Waals surface area contributed by atoms with Gasteiger partial charge in [-0.05, 0) is 36.4 Å². The zero-order valence-electron chi connectivity index (χ0n) is 13.1. The number of hydrogen-bond donors (Lipinski definition) is 0. The molecule has 124 valence electrons. The van der Waals surface area contributed by atoms with Crippen LogP contribution in [0.1, 0.15) is 32.9 Å². The first kappa shape index (κ1) is 15.9. The number of methoxy groups -OCH3 is 1. The van der Waals surface area contributed by atoms with Gasteiger partial charge in [-0.25, -0.2) is 4.79 Å². The van der Waals surface area contributed by atoms with Crippen molar-refractivity contribution in [3.05, 3.63) is 53.5 Å². The van der Waals surface area contributed by atoms with Crippen LogP contribution in [0.4, 0.5) is 0 Å². The summed E-state index contributed by atoms with van der Waals surface area (Å²) in [6.07, 6.45) is 5.05. The maximum absolute atomic E-state index is 12.3. The normalized spacial score (nSPS) is 13.5. The van der Waals surface area contributed by atoms with Crippen LogP contribution in [0.3, 0.4) is 0 Å². The smallest absolute Gasteiger partial charge is 0.374 e. The molecule has 0 spiro atoms. The number of fused-ring (bicyclic) bond motifs is 1. The maximum Gasteiger partial charge on any atom is 0.374 e. The van der Waals surface area contributed by atoms with Crippen LogP contribution in [0.15, 0.2) is 41.0 Å². The number of ether oxygens (including phenoxy) is 3. The van der Waals surface area contributed by atoms with E-state index >= 15 is 0 Å². The minimum absolute atomic E-state index is 0.0558. The molecule has 1 aromatic heterocycles. The molecule has 24 heavy (non-hydrogen) atoms. The van der Waals surface area contributed by atoms with E-state index in [1.165, 1.54) is 25.5 Å². The predicted molar refractivity (Wildman–Crippen MR) is 85.5 cm³/mol. The maximum atomic E-state index is 12.3. The highest BCUT2D eigenvalue weighted by Crippen LogP contribution is 2.30. The fourth-order valence-electron chi connectivity index (χ4n) is 2.29. The highest BCUT2D eigenvalue weighted by molar-refractivity contribution is 6.07. The molecule has 0 atom stereocenters. The van der Waals surface area contributed by atoms with Crippen LogP contribution in [-0.2, 0) is 4.74 Å². The zero-order valence-corrected chi connectivity index (χ0v) is 13.1. The molecule has 6 nitrogen and oxygen atoms in total. The molecular weight excluding hydrogens is 312 g/mol. The summed E-state index contributed by atoms with van der Waals surface area (Å²) in [6, 6.07) is 6.64. The average Bonchev–Trinajstić information content (AvgIpc) is 2.95. The molecule has 0 N–H and O–H groups in total. The molecule has 1 aliphatic heterocycles. The van der Waals surface area contributed by atoms with Gasteiger partial charge in [0.25, 0.3) is 0 Å². The van der Waals surface area contributed by atoms with E-state index in [0.717, 1.165) is 6.42 Å². The highest BCUT2D eigenvalue weighted by Gasteiger charge is 2.15. The molecule has 0 saturated carbocycles. The predicted octanol–water partition coefficient (Wildman–Crippen LogP) is 3.12. The quantitative estimate of drug-likeness (QED) is 0.488. The van der Waals surface area contributed by atoms with Crippen molar-refractivity contribution in [3.8, 4) is 11.5 Å². The van der Waals surface area contributed by atoms with Crippen LogP contribution in [0.25, 0.3) is 6.08 Å². The minimum Gasteiger partial charge on any atom is -0.490 e. The summed E-state index contributed by atoms with van der Waals surface area (Å²) in [5.74, 6) is 0.437. The third kappa shape index (κ3) is 3.32. The molecule has 0 unspecified atom stereocenters. The van der Waals surface area contributed by atoms with Crippen LogP contribution in [0, 0.1) is 0 Å². The van der Waals surface area contributed by atoms with Gasteiger partial charge in [-0.1, -0.05) is 0 Å². The first-order valence-corrected chi connectivity index (χ1v) is 7.47. The van der Waals surface area contributed by atoms with Gasteiger partial charge in [-0.15, -0.1) is 0 Å². The van der Waals surface area contributed by atoms with E-state index in [4.69, 9.17) is 13.9 Å². The molecule has 6 heteroatoms. The van der Waals surface area contributed by atoms with E-state index in [1.807, 2.05) is 0 Å². The number of furan rings is 1. The van der Waals surface area contributed by atoms with Crippen LogP contribution in [0.5, 0.6) is 11.5 Å². The van der Waals surface area contributed by atoms with Crippen molar-refractivity contribution >= 4 is 17.8 Å². The molecule has 0 saturated heterocycles. The van der Waals surface area contributed by atoms with E-state index in [-0.39, 0.29) is 11.5 Å². The molecule has 0 aliphatic carbocycles. The standard InChI is InChI=1S/C18H16O6/c1-21-18(20)17-12(7-10-24-17)3-5-14(19)13-4-6-15-16(11-13)23-9-2-8-22-15/h3-7,10-11H,2,8-9H2,1H3/b5-3+. The molecule has 0 fully saturated rings. The van der Waals surface area contributed by atoms with Gasteiger partial charge in [-0.3, -0.25) is 4.79 Å². The van der Waals surface area contributed by atoms with Crippen LogP contribution >= 0.6 is 0 Å². The first-order valence-electron chi connectivity index (χ1n) is 7.47. The molecule has 2 aromatic rings. The van der Waals surface area contributed by atoms with Gasteiger partial charge >= 0.3 is 5.97 Å². The van der Waals surface area contributed by atoms with E-state index in [2.05, 4.69) is 4.74 Å². The number of esters is 1. The lowest BCUT2D eigenvalue weighted by Gasteiger charge is -2.07. The van der Waals surface area contributed by atoms with E-state index in [9.17, 15) is 9.59 Å². The number of hydrogen-bond acceptors (Lipinski definition) is 6. The summed E-state index contributed by atoms with van der Waals surface area (Å²) in [5, 5.41) is 0. The van der Waals surface area contributed by atoms with Gasteiger partial charge in [0.2, 0.25) is 5.76 Å². The van der Waals surface area contributed by atoms with Crippen LogP contribution in [0.2, 0.25) is 0 Å². The largest absolute Gasteiger partial charge is 0.490 e. The fraction of sp³-hybridized carbons (Fsp3) is 0.222. The topological polar surface area (TPSA) is 75.0 Å². The van der Waals surface area contributed by atoms with Crippen molar-refractivity contribution in [1.29, 1.82) is 0 Å². The van der Waals surface area contributed by atoms with Crippen molar-refractivity contribution in [1.82, 2.24) is 0 Å². The Kier molecular flexibility index (Phi) is 4.65. The Bertz CT molecular complexity index is 787. The Balaban J connectivity index is 1.79. The lowest BCUT2D eigenvalue weighted by Crippen LogP contribution is -2.01. The number of rotatable bonds is 4. The number of carbonyl (C=O) groups excluding carboxylic acids is 2. The molecule has 0 bridgehead atoms. The van der Waals surface area contributed by atoms with Gasteiger partial charge in [0.05, 0.1) is 26.6 Å². The van der Waals surface area contributed by atoms with Crippen molar-refractivity contribution in [2.24, 2.45) is 0 Å². The second-order valence-corrected chi connectivity index (χ2v) is 5.11. The SMILES string of the molecule is COC(=O)c1occc1/C=C/C(=O)c1ccc2c(c1)OCCCO2. The van der Waals surface area contributed by atoms with Gasteiger partial charge in [0, 0.05) is 17.5 Å².